The van der Waals surface area contributed by atoms with Crippen LogP contribution in [0.2, 0.25) is 0 Å². The number of nitrogens with zero attached hydrogens (tertiary/aromatic N) is 1. The molecule has 0 aliphatic heterocycles. The van der Waals surface area contributed by atoms with E-state index in [-0.39, 0.29) is 5.91 Å². The van der Waals surface area contributed by atoms with Gasteiger partial charge in [-0.2, -0.15) is 0 Å². The van der Waals surface area contributed by atoms with Crippen LogP contribution in [0.25, 0.3) is 0 Å². The Kier molecular flexibility index (Phi) is 6.47. The zero-order valence-corrected chi connectivity index (χ0v) is 15.5. The van der Waals surface area contributed by atoms with E-state index in [9.17, 15) is 4.79 Å². The third kappa shape index (κ3) is 5.61. The second-order valence-electron chi connectivity index (χ2n) is 6.15. The first-order valence-corrected chi connectivity index (χ1v) is 9.17. The average Bonchev–Trinajstić information content (AvgIpc) is 2.71. The van der Waals surface area contributed by atoms with Gasteiger partial charge in [0.05, 0.1) is 0 Å². The van der Waals surface area contributed by atoms with Crippen LogP contribution in [0.3, 0.4) is 0 Å². The molecule has 0 saturated heterocycles. The average molecular weight is 360 g/mol. The standard InChI is InChI=1S/C23H24N2O2/c1-2-25(20-9-5-3-6-10-20)18-17-23(26)24-19-13-15-22(16-14-19)27-21-11-7-4-8-12-21/h3-16H,2,17-18H2,1H3,(H,24,26). The molecule has 0 aliphatic rings. The molecule has 0 spiro atoms. The molecule has 1 N–H and O–H groups in total. The SMILES string of the molecule is CCN(CCC(=O)Nc1ccc(Oc2ccccc2)cc1)c1ccccc1. The molecular formula is C23H24N2O2. The van der Waals surface area contributed by atoms with Gasteiger partial charge < -0.3 is 15.0 Å². The summed E-state index contributed by atoms with van der Waals surface area (Å²) in [6, 6.07) is 27.2. The van der Waals surface area contributed by atoms with E-state index in [4.69, 9.17) is 4.74 Å². The fourth-order valence-corrected chi connectivity index (χ4v) is 2.80. The zero-order valence-electron chi connectivity index (χ0n) is 15.5. The Morgan fingerprint density at radius 2 is 1.44 bits per heavy atom. The van der Waals surface area contributed by atoms with Gasteiger partial charge in [0, 0.05) is 30.9 Å². The Hall–Kier alpha value is -3.27. The number of carbonyl (C=O) groups excluding carboxylic acids is 1. The summed E-state index contributed by atoms with van der Waals surface area (Å²) in [6.45, 7) is 3.64. The first kappa shape index (κ1) is 18.5. The van der Waals surface area contributed by atoms with Crippen molar-refractivity contribution in [2.24, 2.45) is 0 Å². The van der Waals surface area contributed by atoms with Crippen molar-refractivity contribution in [1.29, 1.82) is 0 Å². The van der Waals surface area contributed by atoms with E-state index in [0.29, 0.717) is 13.0 Å². The lowest BCUT2D eigenvalue weighted by Gasteiger charge is -2.22. The molecule has 0 bridgehead atoms. The summed E-state index contributed by atoms with van der Waals surface area (Å²) in [6.07, 6.45) is 0.436. The quantitative estimate of drug-likeness (QED) is 0.590. The molecule has 0 aromatic heterocycles. The lowest BCUT2D eigenvalue weighted by Crippen LogP contribution is -2.27. The summed E-state index contributed by atoms with van der Waals surface area (Å²) in [5.74, 6) is 1.52. The molecule has 0 saturated carbocycles. The topological polar surface area (TPSA) is 41.6 Å². The van der Waals surface area contributed by atoms with E-state index in [1.54, 1.807) is 0 Å². The van der Waals surface area contributed by atoms with Crippen LogP contribution < -0.4 is 15.0 Å². The van der Waals surface area contributed by atoms with Gasteiger partial charge in [0.1, 0.15) is 11.5 Å². The fraction of sp³-hybridized carbons (Fsp3) is 0.174. The summed E-state index contributed by atoms with van der Waals surface area (Å²) in [5, 5.41) is 2.94. The van der Waals surface area contributed by atoms with Crippen molar-refractivity contribution in [3.8, 4) is 11.5 Å². The number of amides is 1. The van der Waals surface area contributed by atoms with Crippen LogP contribution in [0, 0.1) is 0 Å². The molecule has 0 radical (unpaired) electrons. The normalized spacial score (nSPS) is 10.3. The van der Waals surface area contributed by atoms with Crippen LogP contribution in [0.15, 0.2) is 84.9 Å². The summed E-state index contributed by atoms with van der Waals surface area (Å²) in [5.41, 5.74) is 1.90. The molecule has 3 aromatic rings. The van der Waals surface area contributed by atoms with Crippen molar-refractivity contribution in [1.82, 2.24) is 0 Å². The lowest BCUT2D eigenvalue weighted by molar-refractivity contribution is -0.116. The van der Waals surface area contributed by atoms with E-state index in [0.717, 1.165) is 29.4 Å². The minimum Gasteiger partial charge on any atom is -0.457 e. The smallest absolute Gasteiger partial charge is 0.226 e. The Morgan fingerprint density at radius 1 is 0.852 bits per heavy atom. The Morgan fingerprint density at radius 3 is 2.07 bits per heavy atom. The van der Waals surface area contributed by atoms with Crippen LogP contribution in [0.1, 0.15) is 13.3 Å². The number of carbonyl (C=O) groups is 1. The minimum atomic E-state index is 0.00103. The lowest BCUT2D eigenvalue weighted by atomic mass is 10.2. The van der Waals surface area contributed by atoms with E-state index in [1.807, 2.05) is 72.8 Å². The first-order valence-electron chi connectivity index (χ1n) is 9.17. The number of rotatable bonds is 8. The molecule has 3 rings (SSSR count). The number of benzene rings is 3. The Labute approximate surface area is 160 Å². The second-order valence-corrected chi connectivity index (χ2v) is 6.15. The van der Waals surface area contributed by atoms with Gasteiger partial charge >= 0.3 is 0 Å². The van der Waals surface area contributed by atoms with Crippen LogP contribution in [-0.2, 0) is 4.79 Å². The van der Waals surface area contributed by atoms with Gasteiger partial charge in [-0.25, -0.2) is 0 Å². The third-order valence-electron chi connectivity index (χ3n) is 4.23. The van der Waals surface area contributed by atoms with Crippen molar-refractivity contribution < 1.29 is 9.53 Å². The predicted molar refractivity (Wildman–Crippen MR) is 111 cm³/mol. The van der Waals surface area contributed by atoms with Crippen molar-refractivity contribution in [3.63, 3.8) is 0 Å². The number of anilines is 2. The van der Waals surface area contributed by atoms with Gasteiger partial charge in [-0.15, -0.1) is 0 Å². The maximum absolute atomic E-state index is 12.3. The molecule has 0 unspecified atom stereocenters. The van der Waals surface area contributed by atoms with E-state index >= 15 is 0 Å². The highest BCUT2D eigenvalue weighted by molar-refractivity contribution is 5.91. The number of nitrogens with one attached hydrogen (secondary N) is 1. The van der Waals surface area contributed by atoms with Gasteiger partial charge in [-0.05, 0) is 55.5 Å². The second kappa shape index (κ2) is 9.43. The monoisotopic (exact) mass is 360 g/mol. The maximum Gasteiger partial charge on any atom is 0.226 e. The molecule has 0 atom stereocenters. The summed E-state index contributed by atoms with van der Waals surface area (Å²) < 4.78 is 5.76. The van der Waals surface area contributed by atoms with Crippen LogP contribution >= 0.6 is 0 Å². The molecule has 3 aromatic carbocycles. The van der Waals surface area contributed by atoms with Crippen LogP contribution in [-0.4, -0.2) is 19.0 Å². The molecular weight excluding hydrogens is 336 g/mol. The van der Waals surface area contributed by atoms with Gasteiger partial charge in [0.2, 0.25) is 5.91 Å². The maximum atomic E-state index is 12.3. The highest BCUT2D eigenvalue weighted by atomic mass is 16.5. The molecule has 0 fully saturated rings. The van der Waals surface area contributed by atoms with Crippen LogP contribution in [0.4, 0.5) is 11.4 Å². The molecule has 1 amide bonds. The van der Waals surface area contributed by atoms with E-state index < -0.39 is 0 Å². The third-order valence-corrected chi connectivity index (χ3v) is 4.23. The van der Waals surface area contributed by atoms with Gasteiger partial charge in [0.25, 0.3) is 0 Å². The molecule has 4 heteroatoms. The summed E-state index contributed by atoms with van der Waals surface area (Å²) >= 11 is 0. The fourth-order valence-electron chi connectivity index (χ4n) is 2.80. The Bertz CT molecular complexity index is 833. The molecule has 27 heavy (non-hydrogen) atoms. The molecule has 0 heterocycles. The Balaban J connectivity index is 1.50. The number of hydrogen-bond donors (Lipinski definition) is 1. The van der Waals surface area contributed by atoms with E-state index in [2.05, 4.69) is 29.3 Å². The highest BCUT2D eigenvalue weighted by Gasteiger charge is 2.08. The van der Waals surface area contributed by atoms with E-state index in [1.165, 1.54) is 0 Å². The summed E-state index contributed by atoms with van der Waals surface area (Å²) in [4.78, 5) is 14.5. The number of hydrogen-bond acceptors (Lipinski definition) is 3. The van der Waals surface area contributed by atoms with Crippen molar-refractivity contribution in [3.05, 3.63) is 84.9 Å². The molecule has 4 nitrogen and oxygen atoms in total. The zero-order chi connectivity index (χ0) is 18.9. The van der Waals surface area contributed by atoms with Crippen molar-refractivity contribution in [2.75, 3.05) is 23.3 Å². The first-order chi connectivity index (χ1) is 13.2. The highest BCUT2D eigenvalue weighted by Crippen LogP contribution is 2.22. The van der Waals surface area contributed by atoms with Crippen molar-refractivity contribution in [2.45, 2.75) is 13.3 Å². The summed E-state index contributed by atoms with van der Waals surface area (Å²) in [7, 11) is 0. The molecule has 0 aliphatic carbocycles. The molecule has 138 valence electrons. The number of ether oxygens (including phenoxy) is 1. The van der Waals surface area contributed by atoms with Gasteiger partial charge in [-0.1, -0.05) is 36.4 Å². The van der Waals surface area contributed by atoms with Gasteiger partial charge in [-0.3, -0.25) is 4.79 Å². The van der Waals surface area contributed by atoms with Crippen molar-refractivity contribution >= 4 is 17.3 Å². The van der Waals surface area contributed by atoms with Crippen LogP contribution in [0.5, 0.6) is 11.5 Å². The minimum absolute atomic E-state index is 0.00103. The largest absolute Gasteiger partial charge is 0.457 e. The van der Waals surface area contributed by atoms with Gasteiger partial charge in [0.15, 0.2) is 0 Å². The predicted octanol–water partition coefficient (Wildman–Crippen LogP) is 5.33. The number of para-hydroxylation sites is 2.